The summed E-state index contributed by atoms with van der Waals surface area (Å²) in [4.78, 5) is 6.53. The zero-order valence-electron chi connectivity index (χ0n) is 20.4. The molecular formula is C26H27F2N7O2. The van der Waals surface area contributed by atoms with Crippen LogP contribution in [0.1, 0.15) is 19.3 Å². The number of ether oxygens (including phenoxy) is 2. The third kappa shape index (κ3) is 5.08. The minimum absolute atomic E-state index is 0.110. The minimum Gasteiger partial charge on any atom is -0.496 e. The second-order valence-corrected chi connectivity index (χ2v) is 8.73. The van der Waals surface area contributed by atoms with Crippen molar-refractivity contribution in [2.24, 2.45) is 0 Å². The Bertz CT molecular complexity index is 1390. The van der Waals surface area contributed by atoms with Gasteiger partial charge in [-0.3, -0.25) is 4.90 Å². The highest BCUT2D eigenvalue weighted by Gasteiger charge is 2.22. The van der Waals surface area contributed by atoms with Gasteiger partial charge in [-0.25, -0.2) is 9.37 Å². The first-order valence-electron chi connectivity index (χ1n) is 12.1. The first-order valence-corrected chi connectivity index (χ1v) is 12.1. The number of benzene rings is 2. The fourth-order valence-corrected chi connectivity index (χ4v) is 4.47. The molecule has 2 aromatic carbocycles. The van der Waals surface area contributed by atoms with E-state index < -0.39 is 11.6 Å². The lowest BCUT2D eigenvalue weighted by Crippen LogP contribution is -2.33. The number of nitrogen functional groups attached to an aromatic ring is 1. The van der Waals surface area contributed by atoms with Gasteiger partial charge < -0.3 is 15.2 Å². The summed E-state index contributed by atoms with van der Waals surface area (Å²) in [6.07, 6.45) is 5.12. The van der Waals surface area contributed by atoms with E-state index in [1.54, 1.807) is 19.4 Å². The number of methoxy groups -OCH3 is 1. The molecule has 192 valence electrons. The average molecular weight is 508 g/mol. The molecule has 9 nitrogen and oxygen atoms in total. The fourth-order valence-electron chi connectivity index (χ4n) is 4.47. The molecule has 1 aliphatic heterocycles. The van der Waals surface area contributed by atoms with Crippen LogP contribution in [0.15, 0.2) is 48.7 Å². The van der Waals surface area contributed by atoms with Crippen molar-refractivity contribution in [2.45, 2.75) is 19.3 Å². The van der Waals surface area contributed by atoms with Crippen LogP contribution in [-0.4, -0.2) is 63.4 Å². The molecule has 0 aliphatic carbocycles. The lowest BCUT2D eigenvalue weighted by atomic mass is 10.0. The van der Waals surface area contributed by atoms with Crippen molar-refractivity contribution in [3.63, 3.8) is 0 Å². The number of hydrogen-bond acceptors (Lipinski definition) is 8. The van der Waals surface area contributed by atoms with Gasteiger partial charge in [0.15, 0.2) is 17.4 Å². The standard InChI is InChI=1S/C26H27F2N7O2/c1-36-21-8-4-3-7-18(21)17-15-19(25(29)30-16-17)26-31-32-33-35(26)20-9-10-22(24(28)23(20)27)37-14-13-34-11-5-2-6-12-34/h3-4,7-10,15-16H,2,5-6,11-14H2,1H3,(H2,29,30). The fraction of sp³-hybridized carbons (Fsp3) is 0.308. The van der Waals surface area contributed by atoms with E-state index in [4.69, 9.17) is 15.2 Å². The molecule has 0 amide bonds. The first-order chi connectivity index (χ1) is 18.1. The zero-order chi connectivity index (χ0) is 25.8. The lowest BCUT2D eigenvalue weighted by Gasteiger charge is -2.26. The third-order valence-corrected chi connectivity index (χ3v) is 6.42. The van der Waals surface area contributed by atoms with E-state index >= 15 is 4.39 Å². The minimum atomic E-state index is -1.13. The molecule has 1 aliphatic rings. The summed E-state index contributed by atoms with van der Waals surface area (Å²) in [6, 6.07) is 11.9. The Morgan fingerprint density at radius 2 is 1.78 bits per heavy atom. The molecule has 0 bridgehead atoms. The molecule has 2 aromatic heterocycles. The summed E-state index contributed by atoms with van der Waals surface area (Å²) in [5.41, 5.74) is 7.79. The Morgan fingerprint density at radius 3 is 2.59 bits per heavy atom. The maximum absolute atomic E-state index is 15.2. The first kappa shape index (κ1) is 24.6. The van der Waals surface area contributed by atoms with Crippen LogP contribution in [0.3, 0.4) is 0 Å². The van der Waals surface area contributed by atoms with E-state index in [9.17, 15) is 4.39 Å². The van der Waals surface area contributed by atoms with E-state index in [2.05, 4.69) is 25.4 Å². The second kappa shape index (κ2) is 10.9. The van der Waals surface area contributed by atoms with E-state index in [0.717, 1.165) is 36.2 Å². The average Bonchev–Trinajstić information content (AvgIpc) is 3.41. The van der Waals surface area contributed by atoms with Crippen LogP contribution < -0.4 is 15.2 Å². The maximum Gasteiger partial charge on any atom is 0.202 e. The summed E-state index contributed by atoms with van der Waals surface area (Å²) in [7, 11) is 1.57. The molecule has 2 N–H and O–H groups in total. The van der Waals surface area contributed by atoms with Gasteiger partial charge in [-0.05, 0) is 60.6 Å². The van der Waals surface area contributed by atoms with Crippen molar-refractivity contribution in [1.82, 2.24) is 30.1 Å². The lowest BCUT2D eigenvalue weighted by molar-refractivity contribution is 0.179. The van der Waals surface area contributed by atoms with Crippen molar-refractivity contribution >= 4 is 5.82 Å². The molecule has 11 heteroatoms. The topological polar surface area (TPSA) is 104 Å². The summed E-state index contributed by atoms with van der Waals surface area (Å²) in [6.45, 7) is 2.92. The SMILES string of the molecule is COc1ccccc1-c1cnc(N)c(-c2nnnn2-c2ccc(OCCN3CCCCC3)c(F)c2F)c1. The van der Waals surface area contributed by atoms with Gasteiger partial charge in [0.1, 0.15) is 23.9 Å². The van der Waals surface area contributed by atoms with Crippen molar-refractivity contribution in [3.05, 3.63) is 60.3 Å². The number of aromatic nitrogens is 5. The van der Waals surface area contributed by atoms with Crippen molar-refractivity contribution < 1.29 is 18.3 Å². The monoisotopic (exact) mass is 507 g/mol. The van der Waals surface area contributed by atoms with E-state index in [1.165, 1.54) is 18.6 Å². The smallest absolute Gasteiger partial charge is 0.202 e. The van der Waals surface area contributed by atoms with Crippen LogP contribution in [0.4, 0.5) is 14.6 Å². The van der Waals surface area contributed by atoms with Crippen LogP contribution in [-0.2, 0) is 0 Å². The normalized spacial score (nSPS) is 14.0. The van der Waals surface area contributed by atoms with Gasteiger partial charge in [-0.2, -0.15) is 9.07 Å². The highest BCUT2D eigenvalue weighted by molar-refractivity contribution is 5.78. The predicted octanol–water partition coefficient (Wildman–Crippen LogP) is 4.13. The number of tetrazole rings is 1. The highest BCUT2D eigenvalue weighted by Crippen LogP contribution is 2.34. The summed E-state index contributed by atoms with van der Waals surface area (Å²) in [5.74, 6) is -1.51. The van der Waals surface area contributed by atoms with Gasteiger partial charge in [0, 0.05) is 23.9 Å². The quantitative estimate of drug-likeness (QED) is 0.380. The number of nitrogens with zero attached hydrogens (tertiary/aromatic N) is 6. The van der Waals surface area contributed by atoms with Crippen LogP contribution in [0.2, 0.25) is 0 Å². The van der Waals surface area contributed by atoms with E-state index in [-0.39, 0.29) is 29.7 Å². The van der Waals surface area contributed by atoms with E-state index in [1.807, 2.05) is 24.3 Å². The number of hydrogen-bond donors (Lipinski definition) is 1. The summed E-state index contributed by atoms with van der Waals surface area (Å²) in [5, 5.41) is 11.6. The number of para-hydroxylation sites is 1. The number of anilines is 1. The third-order valence-electron chi connectivity index (χ3n) is 6.42. The van der Waals surface area contributed by atoms with Crippen LogP contribution in [0, 0.1) is 11.6 Å². The maximum atomic E-state index is 15.2. The van der Waals surface area contributed by atoms with Crippen molar-refractivity contribution in [3.8, 4) is 39.7 Å². The van der Waals surface area contributed by atoms with E-state index in [0.29, 0.717) is 23.4 Å². The Hall–Kier alpha value is -4.12. The number of likely N-dealkylation sites (tertiary alicyclic amines) is 1. The number of nitrogens with two attached hydrogens (primary N) is 1. The van der Waals surface area contributed by atoms with Crippen molar-refractivity contribution in [1.29, 1.82) is 0 Å². The molecule has 0 atom stereocenters. The number of piperidine rings is 1. The Morgan fingerprint density at radius 1 is 0.973 bits per heavy atom. The molecule has 5 rings (SSSR count). The van der Waals surface area contributed by atoms with Gasteiger partial charge in [-0.1, -0.05) is 24.6 Å². The largest absolute Gasteiger partial charge is 0.496 e. The van der Waals surface area contributed by atoms with Gasteiger partial charge in [0.05, 0.1) is 12.7 Å². The van der Waals surface area contributed by atoms with Crippen LogP contribution >= 0.6 is 0 Å². The number of halogens is 2. The molecule has 4 aromatic rings. The van der Waals surface area contributed by atoms with Crippen molar-refractivity contribution in [2.75, 3.05) is 39.1 Å². The summed E-state index contributed by atoms with van der Waals surface area (Å²) < 4.78 is 42.2. The predicted molar refractivity (Wildman–Crippen MR) is 134 cm³/mol. The second-order valence-electron chi connectivity index (χ2n) is 8.73. The molecule has 37 heavy (non-hydrogen) atoms. The van der Waals surface area contributed by atoms with Crippen LogP contribution in [0.25, 0.3) is 28.2 Å². The molecule has 0 saturated carbocycles. The number of rotatable bonds is 8. The molecule has 0 spiro atoms. The molecule has 3 heterocycles. The van der Waals surface area contributed by atoms with Gasteiger partial charge >= 0.3 is 0 Å². The molecule has 0 unspecified atom stereocenters. The zero-order valence-corrected chi connectivity index (χ0v) is 20.4. The molecular weight excluding hydrogens is 480 g/mol. The van der Waals surface area contributed by atoms with Gasteiger partial charge in [-0.15, -0.1) is 5.10 Å². The van der Waals surface area contributed by atoms with Gasteiger partial charge in [0.2, 0.25) is 5.82 Å². The van der Waals surface area contributed by atoms with Crippen LogP contribution in [0.5, 0.6) is 11.5 Å². The molecule has 1 saturated heterocycles. The molecule has 0 radical (unpaired) electrons. The Labute approximate surface area is 212 Å². The van der Waals surface area contributed by atoms with Gasteiger partial charge in [0.25, 0.3) is 0 Å². The Balaban J connectivity index is 1.43. The Kier molecular flexibility index (Phi) is 7.22. The highest BCUT2D eigenvalue weighted by atomic mass is 19.2. The summed E-state index contributed by atoms with van der Waals surface area (Å²) >= 11 is 0. The molecule has 1 fully saturated rings. The number of pyridine rings is 1.